The minimum atomic E-state index is -0.146. The zero-order chi connectivity index (χ0) is 16.4. The van der Waals surface area contributed by atoms with Crippen molar-refractivity contribution in [3.63, 3.8) is 0 Å². The molecule has 1 unspecified atom stereocenters. The smallest absolute Gasteiger partial charge is 0.219 e. The van der Waals surface area contributed by atoms with Crippen LogP contribution in [0, 0.1) is 0 Å². The Hall–Kier alpha value is -1.25. The van der Waals surface area contributed by atoms with Crippen molar-refractivity contribution in [1.29, 1.82) is 0 Å². The monoisotopic (exact) mass is 349 g/mol. The molecule has 1 heterocycles. The number of allylic oxidation sites excluding steroid dienone is 1. The van der Waals surface area contributed by atoms with E-state index in [0.717, 1.165) is 32.2 Å². The molecule has 0 saturated carbocycles. The summed E-state index contributed by atoms with van der Waals surface area (Å²) in [5.41, 5.74) is 2.51. The molecule has 1 aromatic carbocycles. The number of hydrogen-bond acceptors (Lipinski definition) is 0. The van der Waals surface area contributed by atoms with Crippen LogP contribution in [-0.2, 0) is 18.5 Å². The molecule has 0 amide bonds. The number of aromatic nitrogens is 2. The van der Waals surface area contributed by atoms with Gasteiger partial charge in [0.05, 0.1) is 6.54 Å². The van der Waals surface area contributed by atoms with E-state index in [1.54, 1.807) is 0 Å². The molecule has 0 fully saturated rings. The molecule has 122 valence electrons. The maximum absolute atomic E-state index is 6.60. The number of fused-ring (bicyclic) bond motifs is 1. The molecule has 0 bridgehead atoms. The first-order valence-electron chi connectivity index (χ1n) is 8.34. The van der Waals surface area contributed by atoms with Gasteiger partial charge in [-0.2, -0.15) is 0 Å². The first-order chi connectivity index (χ1) is 11.1. The molecule has 1 aromatic heterocycles. The molecule has 23 heavy (non-hydrogen) atoms. The van der Waals surface area contributed by atoms with Crippen LogP contribution < -0.4 is 4.57 Å². The second-order valence-electron chi connectivity index (χ2n) is 6.28. The lowest BCUT2D eigenvalue weighted by molar-refractivity contribution is -0.694. The number of halogens is 2. The number of imidazole rings is 1. The molecule has 1 aliphatic carbocycles. The summed E-state index contributed by atoms with van der Waals surface area (Å²) in [7, 11) is 0. The standard InChI is InChI=1S/C19H23Cl2N2/c1-3-5-12-22-14-23(18(21)17(22)20)19(4-2)11-10-15-8-6-7-9-16(15)13-19/h6-11,14H,3-5,12-13H2,1-2H3/q+1. The van der Waals surface area contributed by atoms with Gasteiger partial charge in [-0.25, -0.2) is 9.13 Å². The van der Waals surface area contributed by atoms with Crippen LogP contribution >= 0.6 is 23.2 Å². The van der Waals surface area contributed by atoms with Gasteiger partial charge in [0, 0.05) is 6.42 Å². The summed E-state index contributed by atoms with van der Waals surface area (Å²) < 4.78 is 4.22. The Morgan fingerprint density at radius 1 is 1.22 bits per heavy atom. The molecule has 0 spiro atoms. The second-order valence-corrected chi connectivity index (χ2v) is 7.00. The SMILES string of the molecule is CCCC[n+]1cn(C2(CC)C=Cc3ccccc3C2)c(Cl)c1Cl. The second kappa shape index (κ2) is 6.70. The molecule has 3 rings (SSSR count). The van der Waals surface area contributed by atoms with Gasteiger partial charge in [-0.1, -0.05) is 50.6 Å². The summed E-state index contributed by atoms with van der Waals surface area (Å²) in [5.74, 6) is 0. The Balaban J connectivity index is 2.03. The summed E-state index contributed by atoms with van der Waals surface area (Å²) in [4.78, 5) is 0. The molecule has 1 aliphatic rings. The van der Waals surface area contributed by atoms with Gasteiger partial charge in [0.25, 0.3) is 10.3 Å². The van der Waals surface area contributed by atoms with Crippen molar-refractivity contribution in [2.24, 2.45) is 0 Å². The van der Waals surface area contributed by atoms with Gasteiger partial charge in [0.1, 0.15) is 5.54 Å². The van der Waals surface area contributed by atoms with Crippen LogP contribution in [0.15, 0.2) is 36.7 Å². The fourth-order valence-corrected chi connectivity index (χ4v) is 3.86. The summed E-state index contributed by atoms with van der Waals surface area (Å²) >= 11 is 13.1. The van der Waals surface area contributed by atoms with Gasteiger partial charge in [-0.3, -0.25) is 0 Å². The van der Waals surface area contributed by atoms with Crippen molar-refractivity contribution in [3.8, 4) is 0 Å². The number of aryl methyl sites for hydroxylation is 1. The molecular weight excluding hydrogens is 327 g/mol. The topological polar surface area (TPSA) is 8.81 Å². The van der Waals surface area contributed by atoms with E-state index in [1.807, 2.05) is 0 Å². The van der Waals surface area contributed by atoms with E-state index in [9.17, 15) is 0 Å². The predicted octanol–water partition coefficient (Wildman–Crippen LogP) is 5.26. The molecule has 0 aliphatic heterocycles. The number of benzene rings is 1. The van der Waals surface area contributed by atoms with Crippen molar-refractivity contribution in [2.45, 2.75) is 51.6 Å². The zero-order valence-corrected chi connectivity index (χ0v) is 15.2. The van der Waals surface area contributed by atoms with E-state index >= 15 is 0 Å². The normalized spacial score (nSPS) is 19.8. The van der Waals surface area contributed by atoms with Crippen molar-refractivity contribution in [3.05, 3.63) is 58.1 Å². The van der Waals surface area contributed by atoms with E-state index < -0.39 is 0 Å². The first-order valence-corrected chi connectivity index (χ1v) is 9.10. The van der Waals surface area contributed by atoms with E-state index in [1.165, 1.54) is 11.1 Å². The Morgan fingerprint density at radius 3 is 2.74 bits per heavy atom. The lowest BCUT2D eigenvalue weighted by Crippen LogP contribution is -2.38. The van der Waals surface area contributed by atoms with Crippen molar-refractivity contribution in [1.82, 2.24) is 4.57 Å². The number of hydrogen-bond donors (Lipinski definition) is 0. The van der Waals surface area contributed by atoms with E-state index in [-0.39, 0.29) is 5.54 Å². The molecule has 0 N–H and O–H groups in total. The van der Waals surface area contributed by atoms with Crippen LogP contribution in [0.5, 0.6) is 0 Å². The van der Waals surface area contributed by atoms with Gasteiger partial charge in [0.15, 0.2) is 0 Å². The Morgan fingerprint density at radius 2 is 2.00 bits per heavy atom. The lowest BCUT2D eigenvalue weighted by Gasteiger charge is -2.30. The highest BCUT2D eigenvalue weighted by atomic mass is 35.5. The lowest BCUT2D eigenvalue weighted by atomic mass is 9.81. The van der Waals surface area contributed by atoms with Crippen LogP contribution in [0.3, 0.4) is 0 Å². The molecule has 0 radical (unpaired) electrons. The van der Waals surface area contributed by atoms with Crippen LogP contribution in [0.2, 0.25) is 10.3 Å². The summed E-state index contributed by atoms with van der Waals surface area (Å²) in [5, 5.41) is 1.27. The van der Waals surface area contributed by atoms with Gasteiger partial charge in [0.2, 0.25) is 6.33 Å². The van der Waals surface area contributed by atoms with Gasteiger partial charge >= 0.3 is 0 Å². The minimum Gasteiger partial charge on any atom is -0.219 e. The Labute approximate surface area is 148 Å². The molecular formula is C19H23Cl2N2+. The zero-order valence-electron chi connectivity index (χ0n) is 13.7. The third-order valence-electron chi connectivity index (χ3n) is 4.86. The van der Waals surface area contributed by atoms with E-state index in [2.05, 4.69) is 65.7 Å². The summed E-state index contributed by atoms with van der Waals surface area (Å²) in [6.07, 6.45) is 10.7. The van der Waals surface area contributed by atoms with Crippen molar-refractivity contribution < 1.29 is 4.57 Å². The van der Waals surface area contributed by atoms with Gasteiger partial charge in [-0.15, -0.1) is 0 Å². The third kappa shape index (κ3) is 2.95. The van der Waals surface area contributed by atoms with Crippen LogP contribution in [0.1, 0.15) is 44.2 Å². The molecule has 1 atom stereocenters. The number of unbranched alkanes of at least 4 members (excludes halogenated alkanes) is 1. The minimum absolute atomic E-state index is 0.146. The molecule has 0 saturated heterocycles. The average molecular weight is 350 g/mol. The highest BCUT2D eigenvalue weighted by molar-refractivity contribution is 6.39. The van der Waals surface area contributed by atoms with Gasteiger partial charge in [-0.05, 0) is 53.2 Å². The fourth-order valence-electron chi connectivity index (χ4n) is 3.32. The molecule has 2 nitrogen and oxygen atoms in total. The quantitative estimate of drug-likeness (QED) is 0.651. The highest BCUT2D eigenvalue weighted by Crippen LogP contribution is 2.37. The number of nitrogens with zero attached hydrogens (tertiary/aromatic N) is 2. The van der Waals surface area contributed by atoms with Crippen LogP contribution in [0.25, 0.3) is 6.08 Å². The fraction of sp³-hybridized carbons (Fsp3) is 0.421. The first kappa shape index (κ1) is 16.6. The highest BCUT2D eigenvalue weighted by Gasteiger charge is 2.39. The summed E-state index contributed by atoms with van der Waals surface area (Å²) in [6, 6.07) is 8.55. The number of rotatable bonds is 5. The van der Waals surface area contributed by atoms with E-state index in [4.69, 9.17) is 23.2 Å². The van der Waals surface area contributed by atoms with Gasteiger partial charge < -0.3 is 0 Å². The molecule has 4 heteroatoms. The molecule has 2 aromatic rings. The maximum atomic E-state index is 6.60. The van der Waals surface area contributed by atoms with Crippen LogP contribution in [-0.4, -0.2) is 4.57 Å². The average Bonchev–Trinajstić information content (AvgIpc) is 2.88. The maximum Gasteiger partial charge on any atom is 0.255 e. The summed E-state index contributed by atoms with van der Waals surface area (Å²) in [6.45, 7) is 5.29. The van der Waals surface area contributed by atoms with Crippen molar-refractivity contribution >= 4 is 29.3 Å². The Bertz CT molecular complexity index is 733. The predicted molar refractivity (Wildman–Crippen MR) is 97.0 cm³/mol. The third-order valence-corrected chi connectivity index (χ3v) is 5.71. The van der Waals surface area contributed by atoms with E-state index in [0.29, 0.717) is 10.3 Å². The van der Waals surface area contributed by atoms with Crippen molar-refractivity contribution in [2.75, 3.05) is 0 Å². The van der Waals surface area contributed by atoms with Crippen LogP contribution in [0.4, 0.5) is 0 Å². The Kier molecular flexibility index (Phi) is 4.84. The largest absolute Gasteiger partial charge is 0.255 e.